The SMILES string of the molecule is OC[C@@H]([C@H](O)c1ccc(-c2ccccc2)cc1)N1CCCCC1. The molecular formula is C20H25NO2. The molecule has 2 aromatic carbocycles. The van der Waals surface area contributed by atoms with Crippen LogP contribution in [0.4, 0.5) is 0 Å². The molecule has 1 heterocycles. The molecule has 3 nitrogen and oxygen atoms in total. The number of nitrogens with zero attached hydrogens (tertiary/aromatic N) is 1. The van der Waals surface area contributed by atoms with Gasteiger partial charge in [0.05, 0.1) is 18.8 Å². The summed E-state index contributed by atoms with van der Waals surface area (Å²) in [5, 5.41) is 20.4. The van der Waals surface area contributed by atoms with Gasteiger partial charge in [0.15, 0.2) is 0 Å². The summed E-state index contributed by atoms with van der Waals surface area (Å²) in [6.45, 7) is 1.91. The van der Waals surface area contributed by atoms with Crippen LogP contribution in [0, 0.1) is 0 Å². The van der Waals surface area contributed by atoms with Crippen molar-refractivity contribution in [3.05, 3.63) is 60.2 Å². The molecule has 0 aliphatic carbocycles. The molecule has 0 bridgehead atoms. The minimum atomic E-state index is -0.650. The Morgan fingerprint density at radius 1 is 0.826 bits per heavy atom. The molecule has 0 amide bonds. The highest BCUT2D eigenvalue weighted by molar-refractivity contribution is 5.63. The Morgan fingerprint density at radius 3 is 2.04 bits per heavy atom. The highest BCUT2D eigenvalue weighted by atomic mass is 16.3. The van der Waals surface area contributed by atoms with Gasteiger partial charge in [-0.1, -0.05) is 61.0 Å². The highest BCUT2D eigenvalue weighted by Crippen LogP contribution is 2.26. The Labute approximate surface area is 138 Å². The maximum Gasteiger partial charge on any atom is 0.0967 e. The normalized spacial score (nSPS) is 18.5. The Balaban J connectivity index is 1.74. The molecule has 2 N–H and O–H groups in total. The van der Waals surface area contributed by atoms with Gasteiger partial charge in [-0.2, -0.15) is 0 Å². The highest BCUT2D eigenvalue weighted by Gasteiger charge is 2.27. The summed E-state index contributed by atoms with van der Waals surface area (Å²) in [6, 6.07) is 18.0. The van der Waals surface area contributed by atoms with E-state index in [9.17, 15) is 10.2 Å². The number of likely N-dealkylation sites (tertiary alicyclic amines) is 1. The molecule has 2 aromatic rings. The fraction of sp³-hybridized carbons (Fsp3) is 0.400. The van der Waals surface area contributed by atoms with Gasteiger partial charge in [-0.3, -0.25) is 4.90 Å². The summed E-state index contributed by atoms with van der Waals surface area (Å²) in [7, 11) is 0. The zero-order chi connectivity index (χ0) is 16.1. The molecule has 1 aliphatic rings. The second-order valence-electron chi connectivity index (χ2n) is 6.28. The van der Waals surface area contributed by atoms with Crippen LogP contribution in [0.1, 0.15) is 30.9 Å². The minimum absolute atomic E-state index is 0.0123. The summed E-state index contributed by atoms with van der Waals surface area (Å²) in [6.07, 6.45) is 2.89. The van der Waals surface area contributed by atoms with Crippen LogP contribution in [-0.4, -0.2) is 40.9 Å². The van der Waals surface area contributed by atoms with Crippen molar-refractivity contribution in [2.45, 2.75) is 31.4 Å². The smallest absolute Gasteiger partial charge is 0.0967 e. The van der Waals surface area contributed by atoms with Crippen molar-refractivity contribution in [2.24, 2.45) is 0 Å². The third kappa shape index (κ3) is 3.81. The zero-order valence-corrected chi connectivity index (χ0v) is 13.4. The summed E-state index contributed by atoms with van der Waals surface area (Å²) in [5.41, 5.74) is 3.18. The van der Waals surface area contributed by atoms with Gasteiger partial charge in [-0.25, -0.2) is 0 Å². The monoisotopic (exact) mass is 311 g/mol. The van der Waals surface area contributed by atoms with Crippen molar-refractivity contribution >= 4 is 0 Å². The Morgan fingerprint density at radius 2 is 1.43 bits per heavy atom. The minimum Gasteiger partial charge on any atom is -0.395 e. The molecule has 1 fully saturated rings. The van der Waals surface area contributed by atoms with Gasteiger partial charge in [0, 0.05) is 0 Å². The quantitative estimate of drug-likeness (QED) is 0.891. The first kappa shape index (κ1) is 16.2. The standard InChI is InChI=1S/C20H25NO2/c22-15-19(21-13-5-2-6-14-21)20(23)18-11-9-17(10-12-18)16-7-3-1-4-8-16/h1,3-4,7-12,19-20,22-23H,2,5-6,13-15H2/t19-,20+/m0/s1. The lowest BCUT2D eigenvalue weighted by Gasteiger charge is -2.36. The maximum absolute atomic E-state index is 10.7. The van der Waals surface area contributed by atoms with Crippen LogP contribution in [0.15, 0.2) is 54.6 Å². The van der Waals surface area contributed by atoms with E-state index in [4.69, 9.17) is 0 Å². The summed E-state index contributed by atoms with van der Waals surface area (Å²) < 4.78 is 0. The van der Waals surface area contributed by atoms with Crippen molar-refractivity contribution in [1.29, 1.82) is 0 Å². The van der Waals surface area contributed by atoms with Gasteiger partial charge in [-0.05, 0) is 42.6 Å². The average Bonchev–Trinajstić information content (AvgIpc) is 2.64. The van der Waals surface area contributed by atoms with E-state index in [0.29, 0.717) is 0 Å². The number of rotatable bonds is 5. The number of hydrogen-bond donors (Lipinski definition) is 2. The van der Waals surface area contributed by atoms with Gasteiger partial charge < -0.3 is 10.2 Å². The van der Waals surface area contributed by atoms with Crippen molar-refractivity contribution in [1.82, 2.24) is 4.90 Å². The first-order valence-corrected chi connectivity index (χ1v) is 8.48. The zero-order valence-electron chi connectivity index (χ0n) is 13.4. The summed E-state index contributed by atoms with van der Waals surface area (Å²) >= 11 is 0. The lowest BCUT2D eigenvalue weighted by molar-refractivity contribution is 0.00597. The van der Waals surface area contributed by atoms with Gasteiger partial charge >= 0.3 is 0 Å². The molecule has 1 saturated heterocycles. The van der Waals surface area contributed by atoms with Gasteiger partial charge in [0.2, 0.25) is 0 Å². The predicted molar refractivity (Wildman–Crippen MR) is 93.1 cm³/mol. The van der Waals surface area contributed by atoms with Crippen LogP contribution < -0.4 is 0 Å². The predicted octanol–water partition coefficient (Wildman–Crippen LogP) is 3.23. The van der Waals surface area contributed by atoms with E-state index in [2.05, 4.69) is 17.0 Å². The number of piperidine rings is 1. The molecule has 2 atom stereocenters. The van der Waals surface area contributed by atoms with Crippen LogP contribution in [0.3, 0.4) is 0 Å². The van der Waals surface area contributed by atoms with Crippen molar-refractivity contribution in [3.8, 4) is 11.1 Å². The van der Waals surface area contributed by atoms with Crippen LogP contribution in [0.5, 0.6) is 0 Å². The van der Waals surface area contributed by atoms with Crippen molar-refractivity contribution < 1.29 is 10.2 Å². The fourth-order valence-corrected chi connectivity index (χ4v) is 3.39. The molecular weight excluding hydrogens is 286 g/mol. The maximum atomic E-state index is 10.7. The van der Waals surface area contributed by atoms with Crippen LogP contribution in [0.25, 0.3) is 11.1 Å². The van der Waals surface area contributed by atoms with Crippen molar-refractivity contribution in [3.63, 3.8) is 0 Å². The molecule has 3 rings (SSSR count). The fourth-order valence-electron chi connectivity index (χ4n) is 3.39. The van der Waals surface area contributed by atoms with E-state index in [1.165, 1.54) is 12.0 Å². The lowest BCUT2D eigenvalue weighted by atomic mass is 9.96. The van der Waals surface area contributed by atoms with E-state index in [1.54, 1.807) is 0 Å². The van der Waals surface area contributed by atoms with Gasteiger partial charge in [0.1, 0.15) is 0 Å². The lowest BCUT2D eigenvalue weighted by Crippen LogP contribution is -2.45. The van der Waals surface area contributed by atoms with E-state index < -0.39 is 6.10 Å². The first-order chi connectivity index (χ1) is 11.3. The Bertz CT molecular complexity index is 591. The van der Waals surface area contributed by atoms with E-state index in [0.717, 1.165) is 37.1 Å². The van der Waals surface area contributed by atoms with Gasteiger partial charge in [0.25, 0.3) is 0 Å². The van der Waals surface area contributed by atoms with Gasteiger partial charge in [-0.15, -0.1) is 0 Å². The summed E-state index contributed by atoms with van der Waals surface area (Å²) in [4.78, 5) is 2.22. The first-order valence-electron chi connectivity index (χ1n) is 8.48. The second-order valence-corrected chi connectivity index (χ2v) is 6.28. The third-order valence-corrected chi connectivity index (χ3v) is 4.77. The third-order valence-electron chi connectivity index (χ3n) is 4.77. The van der Waals surface area contributed by atoms with Crippen LogP contribution in [0.2, 0.25) is 0 Å². The van der Waals surface area contributed by atoms with Crippen molar-refractivity contribution in [2.75, 3.05) is 19.7 Å². The molecule has 0 spiro atoms. The Kier molecular flexibility index (Phi) is 5.44. The van der Waals surface area contributed by atoms with Crippen LogP contribution in [-0.2, 0) is 0 Å². The topological polar surface area (TPSA) is 43.7 Å². The number of aliphatic hydroxyl groups excluding tert-OH is 2. The van der Waals surface area contributed by atoms with E-state index in [-0.39, 0.29) is 12.6 Å². The molecule has 0 radical (unpaired) electrons. The molecule has 0 aromatic heterocycles. The molecule has 0 unspecified atom stereocenters. The number of hydrogen-bond acceptors (Lipinski definition) is 3. The van der Waals surface area contributed by atoms with Crippen LogP contribution >= 0.6 is 0 Å². The molecule has 23 heavy (non-hydrogen) atoms. The number of aliphatic hydroxyl groups is 2. The molecule has 1 aliphatic heterocycles. The summed E-state index contributed by atoms with van der Waals surface area (Å²) in [5.74, 6) is 0. The van der Waals surface area contributed by atoms with E-state index in [1.807, 2.05) is 42.5 Å². The average molecular weight is 311 g/mol. The van der Waals surface area contributed by atoms with E-state index >= 15 is 0 Å². The molecule has 3 heteroatoms. The Hall–Kier alpha value is -1.68. The second kappa shape index (κ2) is 7.73. The molecule has 0 saturated carbocycles. The number of benzene rings is 2. The largest absolute Gasteiger partial charge is 0.395 e. The molecule has 122 valence electrons.